The van der Waals surface area contributed by atoms with Crippen LogP contribution in [0.15, 0.2) is 12.2 Å². The van der Waals surface area contributed by atoms with E-state index in [0.717, 1.165) is 11.8 Å². The highest BCUT2D eigenvalue weighted by Crippen LogP contribution is 2.33. The van der Waals surface area contributed by atoms with Gasteiger partial charge in [-0.2, -0.15) is 12.6 Å². The lowest BCUT2D eigenvalue weighted by Crippen LogP contribution is -2.14. The van der Waals surface area contributed by atoms with Gasteiger partial charge in [-0.15, -0.1) is 0 Å². The van der Waals surface area contributed by atoms with Crippen molar-refractivity contribution in [2.24, 2.45) is 11.8 Å². The van der Waals surface area contributed by atoms with E-state index in [-0.39, 0.29) is 0 Å². The first-order valence-electron chi connectivity index (χ1n) is 5.58. The molecule has 1 rings (SSSR count). The van der Waals surface area contributed by atoms with Crippen molar-refractivity contribution in [1.82, 2.24) is 0 Å². The molecule has 2 atom stereocenters. The molecule has 13 heavy (non-hydrogen) atoms. The molecular weight excluding hydrogens is 176 g/mol. The normalized spacial score (nSPS) is 23.0. The van der Waals surface area contributed by atoms with Crippen LogP contribution in [0.2, 0.25) is 0 Å². The quantitative estimate of drug-likeness (QED) is 0.499. The zero-order valence-corrected chi connectivity index (χ0v) is 9.76. The van der Waals surface area contributed by atoms with Crippen LogP contribution in [0.1, 0.15) is 46.0 Å². The van der Waals surface area contributed by atoms with E-state index >= 15 is 0 Å². The molecule has 1 saturated carbocycles. The molecule has 0 aromatic heterocycles. The maximum Gasteiger partial charge on any atom is 0.0168 e. The average molecular weight is 198 g/mol. The smallest absolute Gasteiger partial charge is 0.0168 e. The number of hydrogen-bond acceptors (Lipinski definition) is 1. The van der Waals surface area contributed by atoms with Crippen molar-refractivity contribution < 1.29 is 0 Å². The summed E-state index contributed by atoms with van der Waals surface area (Å²) in [6, 6.07) is 0. The molecular formula is C12H22S. The minimum Gasteiger partial charge on any atom is -0.172 e. The summed E-state index contributed by atoms with van der Waals surface area (Å²) >= 11 is 4.35. The second-order valence-electron chi connectivity index (χ2n) is 4.33. The predicted octanol–water partition coefficient (Wildman–Crippen LogP) is 4.08. The Kier molecular flexibility index (Phi) is 4.93. The van der Waals surface area contributed by atoms with Crippen LogP contribution in [0, 0.1) is 11.8 Å². The van der Waals surface area contributed by atoms with Gasteiger partial charge in [0.25, 0.3) is 0 Å². The molecule has 0 aromatic rings. The number of rotatable bonds is 5. The van der Waals surface area contributed by atoms with Crippen LogP contribution in [-0.4, -0.2) is 5.25 Å². The number of thiol groups is 1. The molecule has 0 bridgehead atoms. The van der Waals surface area contributed by atoms with Gasteiger partial charge in [0.1, 0.15) is 0 Å². The fourth-order valence-corrected chi connectivity index (χ4v) is 1.96. The van der Waals surface area contributed by atoms with Crippen LogP contribution in [-0.2, 0) is 0 Å². The molecule has 0 amide bonds. The van der Waals surface area contributed by atoms with Crippen molar-refractivity contribution in [2.75, 3.05) is 0 Å². The zero-order valence-electron chi connectivity index (χ0n) is 8.87. The average Bonchev–Trinajstić information content (AvgIpc) is 2.01. The van der Waals surface area contributed by atoms with Gasteiger partial charge in [-0.25, -0.2) is 0 Å². The SMILES string of the molecule is CCC(/C=C/C(C)S)CC1CCC1. The molecule has 1 fully saturated rings. The van der Waals surface area contributed by atoms with E-state index in [1.807, 2.05) is 0 Å². The summed E-state index contributed by atoms with van der Waals surface area (Å²) in [7, 11) is 0. The minimum absolute atomic E-state index is 0.412. The van der Waals surface area contributed by atoms with E-state index in [1.165, 1.54) is 32.1 Å². The topological polar surface area (TPSA) is 0 Å². The highest BCUT2D eigenvalue weighted by molar-refractivity contribution is 7.81. The lowest BCUT2D eigenvalue weighted by atomic mass is 9.78. The summed E-state index contributed by atoms with van der Waals surface area (Å²) in [5.41, 5.74) is 0. The molecule has 0 spiro atoms. The Labute approximate surface area is 88.2 Å². The Morgan fingerprint density at radius 2 is 2.08 bits per heavy atom. The Hall–Kier alpha value is 0.0900. The van der Waals surface area contributed by atoms with Crippen LogP contribution in [0.5, 0.6) is 0 Å². The fraction of sp³-hybridized carbons (Fsp3) is 0.833. The second kappa shape index (κ2) is 5.74. The van der Waals surface area contributed by atoms with E-state index in [2.05, 4.69) is 38.6 Å². The van der Waals surface area contributed by atoms with Crippen molar-refractivity contribution in [3.05, 3.63) is 12.2 Å². The van der Waals surface area contributed by atoms with Crippen LogP contribution >= 0.6 is 12.6 Å². The standard InChI is InChI=1S/C12H22S/c1-3-11(8-7-10(2)13)9-12-5-4-6-12/h7-8,10-13H,3-6,9H2,1-2H3/b8-7+. The molecule has 1 heteroatoms. The molecule has 0 aliphatic heterocycles. The second-order valence-corrected chi connectivity index (χ2v) is 5.14. The van der Waals surface area contributed by atoms with E-state index in [0.29, 0.717) is 5.25 Å². The van der Waals surface area contributed by atoms with Crippen LogP contribution in [0.3, 0.4) is 0 Å². The first kappa shape index (κ1) is 11.2. The Balaban J connectivity index is 2.24. The molecule has 0 saturated heterocycles. The summed E-state index contributed by atoms with van der Waals surface area (Å²) < 4.78 is 0. The van der Waals surface area contributed by atoms with E-state index < -0.39 is 0 Å². The number of hydrogen-bond donors (Lipinski definition) is 1. The van der Waals surface area contributed by atoms with Crippen molar-refractivity contribution in [3.63, 3.8) is 0 Å². The Morgan fingerprint density at radius 3 is 2.46 bits per heavy atom. The predicted molar refractivity (Wildman–Crippen MR) is 63.3 cm³/mol. The summed E-state index contributed by atoms with van der Waals surface area (Å²) in [6.07, 6.45) is 11.7. The maximum atomic E-state index is 4.35. The monoisotopic (exact) mass is 198 g/mol. The maximum absolute atomic E-state index is 4.35. The largest absolute Gasteiger partial charge is 0.172 e. The van der Waals surface area contributed by atoms with Gasteiger partial charge >= 0.3 is 0 Å². The highest BCUT2D eigenvalue weighted by Gasteiger charge is 2.19. The van der Waals surface area contributed by atoms with Gasteiger partial charge in [-0.1, -0.05) is 45.3 Å². The third kappa shape index (κ3) is 4.21. The molecule has 0 radical (unpaired) electrons. The molecule has 76 valence electrons. The van der Waals surface area contributed by atoms with Crippen molar-refractivity contribution >= 4 is 12.6 Å². The van der Waals surface area contributed by atoms with E-state index in [4.69, 9.17) is 0 Å². The van der Waals surface area contributed by atoms with E-state index in [1.54, 1.807) is 0 Å². The fourth-order valence-electron chi connectivity index (χ4n) is 1.86. The first-order valence-corrected chi connectivity index (χ1v) is 6.10. The summed E-state index contributed by atoms with van der Waals surface area (Å²) in [4.78, 5) is 0. The van der Waals surface area contributed by atoms with Gasteiger partial charge < -0.3 is 0 Å². The third-order valence-electron chi connectivity index (χ3n) is 3.05. The van der Waals surface area contributed by atoms with Gasteiger partial charge in [0.05, 0.1) is 0 Å². The van der Waals surface area contributed by atoms with Crippen LogP contribution in [0.4, 0.5) is 0 Å². The highest BCUT2D eigenvalue weighted by atomic mass is 32.1. The third-order valence-corrected chi connectivity index (χ3v) is 3.22. The molecule has 1 aliphatic rings. The molecule has 0 N–H and O–H groups in total. The van der Waals surface area contributed by atoms with Crippen molar-refractivity contribution in [1.29, 1.82) is 0 Å². The lowest BCUT2D eigenvalue weighted by Gasteiger charge is -2.28. The van der Waals surface area contributed by atoms with Crippen LogP contribution < -0.4 is 0 Å². The van der Waals surface area contributed by atoms with Gasteiger partial charge in [0.2, 0.25) is 0 Å². The molecule has 1 aliphatic carbocycles. The molecule has 0 aromatic carbocycles. The summed E-state index contributed by atoms with van der Waals surface area (Å²) in [5.74, 6) is 1.84. The van der Waals surface area contributed by atoms with Gasteiger partial charge in [0, 0.05) is 5.25 Å². The summed E-state index contributed by atoms with van der Waals surface area (Å²) in [5, 5.41) is 0.412. The molecule has 0 nitrogen and oxygen atoms in total. The van der Waals surface area contributed by atoms with Crippen molar-refractivity contribution in [2.45, 2.75) is 51.2 Å². The van der Waals surface area contributed by atoms with Crippen LogP contribution in [0.25, 0.3) is 0 Å². The summed E-state index contributed by atoms with van der Waals surface area (Å²) in [6.45, 7) is 4.41. The van der Waals surface area contributed by atoms with Gasteiger partial charge in [-0.3, -0.25) is 0 Å². The van der Waals surface area contributed by atoms with Gasteiger partial charge in [0.15, 0.2) is 0 Å². The first-order chi connectivity index (χ1) is 6.22. The Morgan fingerprint density at radius 1 is 1.38 bits per heavy atom. The number of allylic oxidation sites excluding steroid dienone is 1. The molecule has 0 heterocycles. The minimum atomic E-state index is 0.412. The van der Waals surface area contributed by atoms with E-state index in [9.17, 15) is 0 Å². The zero-order chi connectivity index (χ0) is 9.68. The molecule has 2 unspecified atom stereocenters. The van der Waals surface area contributed by atoms with Gasteiger partial charge in [-0.05, 0) is 24.7 Å². The Bertz CT molecular complexity index is 157. The lowest BCUT2D eigenvalue weighted by molar-refractivity contribution is 0.265. The van der Waals surface area contributed by atoms with Crippen molar-refractivity contribution in [3.8, 4) is 0 Å².